The Balaban J connectivity index is 2.43. The SMILES string of the molecule is Cc1cnc(C(O)c2ccc(F)c(F)c2F)nc1. The van der Waals surface area contributed by atoms with Crippen molar-refractivity contribution in [1.29, 1.82) is 0 Å². The molecule has 3 nitrogen and oxygen atoms in total. The summed E-state index contributed by atoms with van der Waals surface area (Å²) in [6.07, 6.45) is 1.33. The van der Waals surface area contributed by atoms with E-state index in [0.717, 1.165) is 17.7 Å². The van der Waals surface area contributed by atoms with Gasteiger partial charge in [-0.3, -0.25) is 0 Å². The van der Waals surface area contributed by atoms with E-state index < -0.39 is 29.1 Å². The molecule has 0 bridgehead atoms. The zero-order valence-electron chi connectivity index (χ0n) is 9.36. The van der Waals surface area contributed by atoms with Crippen molar-refractivity contribution in [2.45, 2.75) is 13.0 Å². The van der Waals surface area contributed by atoms with Crippen LogP contribution in [0.3, 0.4) is 0 Å². The zero-order chi connectivity index (χ0) is 13.3. The molecule has 0 saturated carbocycles. The minimum absolute atomic E-state index is 0.0782. The molecule has 0 radical (unpaired) electrons. The Morgan fingerprint density at radius 2 is 1.67 bits per heavy atom. The molecule has 2 aromatic rings. The first-order valence-corrected chi connectivity index (χ1v) is 5.10. The third kappa shape index (κ3) is 2.19. The molecule has 0 amide bonds. The van der Waals surface area contributed by atoms with Gasteiger partial charge in [-0.15, -0.1) is 0 Å². The van der Waals surface area contributed by atoms with E-state index in [4.69, 9.17) is 0 Å². The van der Waals surface area contributed by atoms with Crippen LogP contribution < -0.4 is 0 Å². The minimum Gasteiger partial charge on any atom is -0.380 e. The van der Waals surface area contributed by atoms with Crippen LogP contribution in [0.1, 0.15) is 23.1 Å². The van der Waals surface area contributed by atoms with Crippen LogP contribution >= 0.6 is 0 Å². The topological polar surface area (TPSA) is 46.0 Å². The number of nitrogens with zero attached hydrogens (tertiary/aromatic N) is 2. The Hall–Kier alpha value is -1.95. The molecule has 1 atom stereocenters. The number of hydrogen-bond acceptors (Lipinski definition) is 3. The average molecular weight is 254 g/mol. The van der Waals surface area contributed by atoms with Crippen LogP contribution in [0.25, 0.3) is 0 Å². The van der Waals surface area contributed by atoms with E-state index in [9.17, 15) is 18.3 Å². The standard InChI is InChI=1S/C12H9F3N2O/c1-6-4-16-12(17-5-6)11(18)7-2-3-8(13)10(15)9(7)14/h2-5,11,18H,1H3. The molecule has 0 aliphatic heterocycles. The molecule has 0 saturated heterocycles. The van der Waals surface area contributed by atoms with Crippen molar-refractivity contribution >= 4 is 0 Å². The van der Waals surface area contributed by atoms with Crippen molar-refractivity contribution in [1.82, 2.24) is 9.97 Å². The van der Waals surface area contributed by atoms with E-state index in [1.165, 1.54) is 12.4 Å². The Labute approximate surface area is 101 Å². The number of aryl methyl sites for hydroxylation is 1. The third-order valence-corrected chi connectivity index (χ3v) is 2.41. The van der Waals surface area contributed by atoms with Crippen LogP contribution in [0, 0.1) is 24.4 Å². The van der Waals surface area contributed by atoms with E-state index in [1.54, 1.807) is 6.92 Å². The first-order valence-electron chi connectivity index (χ1n) is 5.10. The van der Waals surface area contributed by atoms with E-state index in [-0.39, 0.29) is 5.82 Å². The molecular weight excluding hydrogens is 245 g/mol. The number of aliphatic hydroxyl groups is 1. The molecule has 1 N–H and O–H groups in total. The van der Waals surface area contributed by atoms with Gasteiger partial charge in [-0.25, -0.2) is 23.1 Å². The molecule has 94 valence electrons. The summed E-state index contributed by atoms with van der Waals surface area (Å²) in [5.41, 5.74) is 0.356. The largest absolute Gasteiger partial charge is 0.380 e. The predicted octanol–water partition coefficient (Wildman–Crippen LogP) is 2.28. The van der Waals surface area contributed by atoms with Gasteiger partial charge >= 0.3 is 0 Å². The highest BCUT2D eigenvalue weighted by Gasteiger charge is 2.22. The molecule has 0 spiro atoms. The van der Waals surface area contributed by atoms with Crippen LogP contribution in [-0.2, 0) is 0 Å². The summed E-state index contributed by atoms with van der Waals surface area (Å²) in [7, 11) is 0. The number of rotatable bonds is 2. The summed E-state index contributed by atoms with van der Waals surface area (Å²) in [6.45, 7) is 1.74. The van der Waals surface area contributed by atoms with Crippen LogP contribution in [0.5, 0.6) is 0 Å². The summed E-state index contributed by atoms with van der Waals surface area (Å²) >= 11 is 0. The van der Waals surface area contributed by atoms with Gasteiger partial charge in [0, 0.05) is 18.0 Å². The molecule has 1 heterocycles. The first-order chi connectivity index (χ1) is 8.50. The second-order valence-corrected chi connectivity index (χ2v) is 3.79. The molecule has 1 aromatic heterocycles. The maximum absolute atomic E-state index is 13.4. The molecular formula is C12H9F3N2O. The first kappa shape index (κ1) is 12.5. The molecule has 1 aromatic carbocycles. The van der Waals surface area contributed by atoms with Crippen LogP contribution in [0.4, 0.5) is 13.2 Å². The summed E-state index contributed by atoms with van der Waals surface area (Å²) in [5, 5.41) is 9.82. The molecule has 0 aliphatic rings. The number of hydrogen-bond donors (Lipinski definition) is 1. The van der Waals surface area contributed by atoms with Crippen molar-refractivity contribution in [2.24, 2.45) is 0 Å². The van der Waals surface area contributed by atoms with Crippen LogP contribution in [0.15, 0.2) is 24.5 Å². The van der Waals surface area contributed by atoms with Crippen LogP contribution in [0.2, 0.25) is 0 Å². The van der Waals surface area contributed by atoms with Crippen molar-refractivity contribution in [3.63, 3.8) is 0 Å². The van der Waals surface area contributed by atoms with E-state index in [1.807, 2.05) is 0 Å². The van der Waals surface area contributed by atoms with Crippen molar-refractivity contribution < 1.29 is 18.3 Å². The van der Waals surface area contributed by atoms with Crippen molar-refractivity contribution in [3.05, 3.63) is 58.9 Å². The number of aliphatic hydroxyl groups excluding tert-OH is 1. The Morgan fingerprint density at radius 1 is 1.06 bits per heavy atom. The van der Waals surface area contributed by atoms with Gasteiger partial charge < -0.3 is 5.11 Å². The van der Waals surface area contributed by atoms with Gasteiger partial charge in [0.05, 0.1) is 0 Å². The van der Waals surface area contributed by atoms with E-state index in [2.05, 4.69) is 9.97 Å². The second kappa shape index (κ2) is 4.73. The van der Waals surface area contributed by atoms with Crippen molar-refractivity contribution in [3.8, 4) is 0 Å². The van der Waals surface area contributed by atoms with Gasteiger partial charge in [0.1, 0.15) is 6.10 Å². The highest BCUT2D eigenvalue weighted by Crippen LogP contribution is 2.24. The van der Waals surface area contributed by atoms with Crippen LogP contribution in [-0.4, -0.2) is 15.1 Å². The highest BCUT2D eigenvalue weighted by atomic mass is 19.2. The fraction of sp³-hybridized carbons (Fsp3) is 0.167. The quantitative estimate of drug-likeness (QED) is 0.836. The fourth-order valence-electron chi connectivity index (χ4n) is 1.43. The van der Waals surface area contributed by atoms with Gasteiger partial charge in [0.25, 0.3) is 0 Å². The fourth-order valence-corrected chi connectivity index (χ4v) is 1.43. The number of aromatic nitrogens is 2. The summed E-state index contributed by atoms with van der Waals surface area (Å²) in [6, 6.07) is 1.70. The molecule has 0 fully saturated rings. The number of halogens is 3. The Bertz CT molecular complexity index is 572. The number of benzene rings is 1. The molecule has 0 aliphatic carbocycles. The Morgan fingerprint density at radius 3 is 2.28 bits per heavy atom. The zero-order valence-corrected chi connectivity index (χ0v) is 9.36. The Kier molecular flexibility index (Phi) is 3.29. The third-order valence-electron chi connectivity index (χ3n) is 2.41. The monoisotopic (exact) mass is 254 g/mol. The minimum atomic E-state index is -1.63. The van der Waals surface area contributed by atoms with E-state index in [0.29, 0.717) is 0 Å². The lowest BCUT2D eigenvalue weighted by molar-refractivity contribution is 0.202. The smallest absolute Gasteiger partial charge is 0.194 e. The highest BCUT2D eigenvalue weighted by molar-refractivity contribution is 5.26. The van der Waals surface area contributed by atoms with Gasteiger partial charge in [-0.2, -0.15) is 0 Å². The summed E-state index contributed by atoms with van der Waals surface area (Å²) in [4.78, 5) is 7.61. The second-order valence-electron chi connectivity index (χ2n) is 3.79. The molecule has 18 heavy (non-hydrogen) atoms. The maximum atomic E-state index is 13.4. The lowest BCUT2D eigenvalue weighted by Crippen LogP contribution is -2.09. The summed E-state index contributed by atoms with van der Waals surface area (Å²) < 4.78 is 39.2. The molecule has 1 unspecified atom stereocenters. The molecule has 6 heteroatoms. The summed E-state index contributed by atoms with van der Waals surface area (Å²) in [5.74, 6) is -4.45. The lowest BCUT2D eigenvalue weighted by atomic mass is 10.1. The predicted molar refractivity (Wildman–Crippen MR) is 57.1 cm³/mol. The van der Waals surface area contributed by atoms with Crippen molar-refractivity contribution in [2.75, 3.05) is 0 Å². The maximum Gasteiger partial charge on any atom is 0.194 e. The lowest BCUT2D eigenvalue weighted by Gasteiger charge is -2.11. The van der Waals surface area contributed by atoms with Gasteiger partial charge in [-0.1, -0.05) is 0 Å². The van der Waals surface area contributed by atoms with Gasteiger partial charge in [0.15, 0.2) is 23.3 Å². The van der Waals surface area contributed by atoms with Gasteiger partial charge in [-0.05, 0) is 24.6 Å². The van der Waals surface area contributed by atoms with E-state index >= 15 is 0 Å². The normalized spacial score (nSPS) is 12.5. The average Bonchev–Trinajstić information content (AvgIpc) is 2.36. The van der Waals surface area contributed by atoms with Gasteiger partial charge in [0.2, 0.25) is 0 Å². The molecule has 2 rings (SSSR count).